The SMILES string of the molecule is CCOc1ccc(-c2cc(N3CCC(NC(C)=O)CC3)ccn2)cc1F. The number of halogens is 1. The van der Waals surface area contributed by atoms with Crippen LogP contribution in [0.15, 0.2) is 36.5 Å². The number of nitrogens with zero attached hydrogens (tertiary/aromatic N) is 2. The molecule has 2 aromatic rings. The maximum Gasteiger partial charge on any atom is 0.217 e. The molecule has 0 atom stereocenters. The molecule has 6 heteroatoms. The highest BCUT2D eigenvalue weighted by atomic mass is 19.1. The van der Waals surface area contributed by atoms with Gasteiger partial charge in [0.25, 0.3) is 0 Å². The number of pyridine rings is 1. The number of piperidine rings is 1. The Labute approximate surface area is 153 Å². The highest BCUT2D eigenvalue weighted by molar-refractivity contribution is 5.73. The van der Waals surface area contributed by atoms with Crippen molar-refractivity contribution in [2.75, 3.05) is 24.6 Å². The number of amides is 1. The lowest BCUT2D eigenvalue weighted by Gasteiger charge is -2.33. The Morgan fingerprint density at radius 3 is 2.73 bits per heavy atom. The van der Waals surface area contributed by atoms with Crippen LogP contribution in [0.2, 0.25) is 0 Å². The van der Waals surface area contributed by atoms with E-state index < -0.39 is 0 Å². The summed E-state index contributed by atoms with van der Waals surface area (Å²) in [6.07, 6.45) is 3.57. The molecule has 3 rings (SSSR count). The van der Waals surface area contributed by atoms with E-state index in [-0.39, 0.29) is 23.5 Å². The number of nitrogens with one attached hydrogen (secondary N) is 1. The van der Waals surface area contributed by atoms with Gasteiger partial charge in [-0.1, -0.05) is 0 Å². The number of aromatic nitrogens is 1. The normalized spacial score (nSPS) is 15.0. The maximum absolute atomic E-state index is 14.1. The van der Waals surface area contributed by atoms with Gasteiger partial charge in [-0.15, -0.1) is 0 Å². The van der Waals surface area contributed by atoms with E-state index in [2.05, 4.69) is 15.2 Å². The molecule has 1 aromatic heterocycles. The van der Waals surface area contributed by atoms with E-state index in [0.29, 0.717) is 6.61 Å². The van der Waals surface area contributed by atoms with E-state index in [0.717, 1.165) is 42.9 Å². The van der Waals surface area contributed by atoms with Crippen molar-refractivity contribution in [2.45, 2.75) is 32.7 Å². The van der Waals surface area contributed by atoms with Crippen molar-refractivity contribution in [3.63, 3.8) is 0 Å². The van der Waals surface area contributed by atoms with Crippen LogP contribution in [0.4, 0.5) is 10.1 Å². The average Bonchev–Trinajstić information content (AvgIpc) is 2.64. The van der Waals surface area contributed by atoms with Crippen LogP contribution < -0.4 is 15.0 Å². The standard InChI is InChI=1S/C20H24FN3O2/c1-3-26-20-5-4-15(12-18(20)21)19-13-17(6-9-22-19)24-10-7-16(8-11-24)23-14(2)25/h4-6,9,12-13,16H,3,7-8,10-11H2,1-2H3,(H,23,25). The van der Waals surface area contributed by atoms with Crippen molar-refractivity contribution in [3.8, 4) is 17.0 Å². The van der Waals surface area contributed by atoms with Crippen LogP contribution in [0, 0.1) is 5.82 Å². The molecule has 1 aliphatic rings. The van der Waals surface area contributed by atoms with Crippen molar-refractivity contribution in [1.29, 1.82) is 0 Å². The second-order valence-electron chi connectivity index (χ2n) is 6.44. The highest BCUT2D eigenvalue weighted by Gasteiger charge is 2.20. The van der Waals surface area contributed by atoms with Crippen molar-refractivity contribution in [2.24, 2.45) is 0 Å². The summed E-state index contributed by atoms with van der Waals surface area (Å²) in [6.45, 7) is 5.54. The zero-order valence-corrected chi connectivity index (χ0v) is 15.2. The summed E-state index contributed by atoms with van der Waals surface area (Å²) >= 11 is 0. The molecular weight excluding hydrogens is 333 g/mol. The molecule has 1 N–H and O–H groups in total. The van der Waals surface area contributed by atoms with Gasteiger partial charge in [0, 0.05) is 43.5 Å². The minimum atomic E-state index is -0.382. The number of hydrogen-bond acceptors (Lipinski definition) is 4. The molecule has 2 heterocycles. The predicted molar refractivity (Wildman–Crippen MR) is 99.9 cm³/mol. The number of anilines is 1. The van der Waals surface area contributed by atoms with E-state index in [4.69, 9.17) is 4.74 Å². The second-order valence-corrected chi connectivity index (χ2v) is 6.44. The molecule has 1 fully saturated rings. The molecule has 1 amide bonds. The van der Waals surface area contributed by atoms with Gasteiger partial charge < -0.3 is 15.0 Å². The van der Waals surface area contributed by atoms with Crippen LogP contribution in [-0.4, -0.2) is 36.6 Å². The lowest BCUT2D eigenvalue weighted by Crippen LogP contribution is -2.44. The van der Waals surface area contributed by atoms with Gasteiger partial charge in [-0.2, -0.15) is 0 Å². The Morgan fingerprint density at radius 1 is 1.31 bits per heavy atom. The third kappa shape index (κ3) is 4.31. The van der Waals surface area contributed by atoms with Gasteiger partial charge in [0.05, 0.1) is 12.3 Å². The summed E-state index contributed by atoms with van der Waals surface area (Å²) in [5, 5.41) is 2.98. The van der Waals surface area contributed by atoms with Crippen LogP contribution in [-0.2, 0) is 4.79 Å². The van der Waals surface area contributed by atoms with Gasteiger partial charge in [0.2, 0.25) is 5.91 Å². The number of hydrogen-bond donors (Lipinski definition) is 1. The van der Waals surface area contributed by atoms with E-state index in [1.807, 2.05) is 25.1 Å². The van der Waals surface area contributed by atoms with Crippen molar-refractivity contribution in [3.05, 3.63) is 42.3 Å². The minimum absolute atomic E-state index is 0.0205. The topological polar surface area (TPSA) is 54.5 Å². The fraction of sp³-hybridized carbons (Fsp3) is 0.400. The van der Waals surface area contributed by atoms with Crippen LogP contribution in [0.25, 0.3) is 11.3 Å². The van der Waals surface area contributed by atoms with Crippen LogP contribution in [0.1, 0.15) is 26.7 Å². The number of ether oxygens (including phenoxy) is 1. The molecule has 1 aliphatic heterocycles. The minimum Gasteiger partial charge on any atom is -0.491 e. The molecule has 0 spiro atoms. The summed E-state index contributed by atoms with van der Waals surface area (Å²) in [7, 11) is 0. The molecule has 0 radical (unpaired) electrons. The highest BCUT2D eigenvalue weighted by Crippen LogP contribution is 2.28. The molecule has 1 aromatic carbocycles. The largest absolute Gasteiger partial charge is 0.491 e. The van der Waals surface area contributed by atoms with Crippen LogP contribution >= 0.6 is 0 Å². The van der Waals surface area contributed by atoms with Gasteiger partial charge >= 0.3 is 0 Å². The Hall–Kier alpha value is -2.63. The molecule has 0 bridgehead atoms. The molecule has 1 saturated heterocycles. The third-order valence-corrected chi connectivity index (χ3v) is 4.54. The molecule has 138 valence electrons. The Kier molecular flexibility index (Phi) is 5.71. The second kappa shape index (κ2) is 8.17. The smallest absolute Gasteiger partial charge is 0.217 e. The Bertz CT molecular complexity index is 773. The lowest BCUT2D eigenvalue weighted by molar-refractivity contribution is -0.119. The number of carbonyl (C=O) groups is 1. The molecular formula is C20H24FN3O2. The van der Waals surface area contributed by atoms with Crippen LogP contribution in [0.3, 0.4) is 0 Å². The summed E-state index contributed by atoms with van der Waals surface area (Å²) < 4.78 is 19.4. The monoisotopic (exact) mass is 357 g/mol. The Balaban J connectivity index is 1.73. The maximum atomic E-state index is 14.1. The van der Waals surface area contributed by atoms with E-state index >= 15 is 0 Å². The summed E-state index contributed by atoms with van der Waals surface area (Å²) in [6, 6.07) is 9.11. The first-order valence-electron chi connectivity index (χ1n) is 8.97. The van der Waals surface area contributed by atoms with Gasteiger partial charge in [0.1, 0.15) is 0 Å². The quantitative estimate of drug-likeness (QED) is 0.891. The summed E-state index contributed by atoms with van der Waals surface area (Å²) in [5.41, 5.74) is 2.51. The zero-order valence-electron chi connectivity index (χ0n) is 15.2. The van der Waals surface area contributed by atoms with Crippen molar-refractivity contribution >= 4 is 11.6 Å². The van der Waals surface area contributed by atoms with Gasteiger partial charge in [0.15, 0.2) is 11.6 Å². The predicted octanol–water partition coefficient (Wildman–Crippen LogP) is 3.39. The van der Waals surface area contributed by atoms with Gasteiger partial charge in [-0.3, -0.25) is 9.78 Å². The van der Waals surface area contributed by atoms with Crippen molar-refractivity contribution < 1.29 is 13.9 Å². The van der Waals surface area contributed by atoms with Gasteiger partial charge in [-0.05, 0) is 50.1 Å². The number of rotatable bonds is 5. The van der Waals surface area contributed by atoms with Gasteiger partial charge in [-0.25, -0.2) is 4.39 Å². The molecule has 0 unspecified atom stereocenters. The van der Waals surface area contributed by atoms with E-state index in [9.17, 15) is 9.18 Å². The first-order valence-corrected chi connectivity index (χ1v) is 8.97. The lowest BCUT2D eigenvalue weighted by atomic mass is 10.0. The molecule has 0 saturated carbocycles. The first kappa shape index (κ1) is 18.2. The summed E-state index contributed by atoms with van der Waals surface area (Å²) in [5.74, 6) is -0.104. The first-order chi connectivity index (χ1) is 12.6. The molecule has 0 aliphatic carbocycles. The zero-order chi connectivity index (χ0) is 18.5. The number of benzene rings is 1. The number of carbonyl (C=O) groups excluding carboxylic acids is 1. The Morgan fingerprint density at radius 2 is 2.08 bits per heavy atom. The van der Waals surface area contributed by atoms with E-state index in [1.54, 1.807) is 19.2 Å². The fourth-order valence-electron chi connectivity index (χ4n) is 3.28. The average molecular weight is 357 g/mol. The van der Waals surface area contributed by atoms with E-state index in [1.165, 1.54) is 6.07 Å². The third-order valence-electron chi connectivity index (χ3n) is 4.54. The fourth-order valence-corrected chi connectivity index (χ4v) is 3.28. The van der Waals surface area contributed by atoms with Crippen LogP contribution in [0.5, 0.6) is 5.75 Å². The summed E-state index contributed by atoms with van der Waals surface area (Å²) in [4.78, 5) is 17.8. The van der Waals surface area contributed by atoms with Crippen molar-refractivity contribution in [1.82, 2.24) is 10.3 Å². The molecule has 5 nitrogen and oxygen atoms in total. The molecule has 26 heavy (non-hydrogen) atoms.